The lowest BCUT2D eigenvalue weighted by atomic mass is 10.2. The zero-order chi connectivity index (χ0) is 14.5. The third kappa shape index (κ3) is 3.83. The van der Waals surface area contributed by atoms with Crippen molar-refractivity contribution in [3.63, 3.8) is 0 Å². The normalized spacial score (nSPS) is 10.9. The van der Waals surface area contributed by atoms with Gasteiger partial charge in [-0.2, -0.15) is 10.2 Å². The van der Waals surface area contributed by atoms with E-state index in [9.17, 15) is 9.18 Å². The molecule has 20 heavy (non-hydrogen) atoms. The van der Waals surface area contributed by atoms with E-state index in [0.29, 0.717) is 11.3 Å². The highest BCUT2D eigenvalue weighted by atomic mass is 127. The summed E-state index contributed by atoms with van der Waals surface area (Å²) < 4.78 is 14.4. The van der Waals surface area contributed by atoms with Crippen molar-refractivity contribution < 1.29 is 14.3 Å². The first-order chi connectivity index (χ1) is 9.56. The second kappa shape index (κ2) is 6.56. The summed E-state index contributed by atoms with van der Waals surface area (Å²) in [5.41, 5.74) is 1.19. The summed E-state index contributed by atoms with van der Waals surface area (Å²) >= 11 is 2.10. The Balaban J connectivity index is 2.06. The Hall–Kier alpha value is -1.83. The van der Waals surface area contributed by atoms with E-state index >= 15 is 0 Å². The standard InChI is InChI=1S/C14H10FIN2O2/c15-13-6-3-11(16)7-10(13)8-17-18-12-4-1-9(2-5-12)14(19)20/h1-7H,8H2,(H,19,20). The highest BCUT2D eigenvalue weighted by Gasteiger charge is 2.02. The maximum atomic E-state index is 13.5. The lowest BCUT2D eigenvalue weighted by Gasteiger charge is -1.99. The summed E-state index contributed by atoms with van der Waals surface area (Å²) in [6, 6.07) is 10.8. The highest BCUT2D eigenvalue weighted by Crippen LogP contribution is 2.17. The first kappa shape index (κ1) is 14.6. The van der Waals surface area contributed by atoms with Crippen LogP contribution in [0.2, 0.25) is 0 Å². The molecule has 0 atom stereocenters. The van der Waals surface area contributed by atoms with Crippen molar-refractivity contribution in [1.29, 1.82) is 0 Å². The van der Waals surface area contributed by atoms with Crippen LogP contribution < -0.4 is 0 Å². The van der Waals surface area contributed by atoms with Crippen molar-refractivity contribution in [2.75, 3.05) is 0 Å². The summed E-state index contributed by atoms with van der Waals surface area (Å²) in [6.45, 7) is 0.142. The zero-order valence-corrected chi connectivity index (χ0v) is 12.4. The average Bonchev–Trinajstić information content (AvgIpc) is 2.43. The Bertz CT molecular complexity index is 657. The third-order valence-electron chi connectivity index (χ3n) is 2.55. The third-order valence-corrected chi connectivity index (χ3v) is 3.22. The second-order valence-electron chi connectivity index (χ2n) is 3.99. The van der Waals surface area contributed by atoms with Crippen LogP contribution in [0.25, 0.3) is 0 Å². The molecule has 0 radical (unpaired) electrons. The topological polar surface area (TPSA) is 62.0 Å². The molecule has 2 rings (SSSR count). The van der Waals surface area contributed by atoms with E-state index in [1.807, 2.05) is 0 Å². The van der Waals surface area contributed by atoms with Gasteiger partial charge in [-0.25, -0.2) is 9.18 Å². The molecule has 0 fully saturated rings. The van der Waals surface area contributed by atoms with Crippen LogP contribution in [0, 0.1) is 9.39 Å². The molecule has 1 N–H and O–H groups in total. The molecule has 0 aliphatic carbocycles. The van der Waals surface area contributed by atoms with Gasteiger partial charge in [0.1, 0.15) is 5.82 Å². The number of benzene rings is 2. The van der Waals surface area contributed by atoms with Crippen LogP contribution in [0.15, 0.2) is 52.7 Å². The van der Waals surface area contributed by atoms with Gasteiger partial charge in [-0.05, 0) is 65.1 Å². The van der Waals surface area contributed by atoms with E-state index in [-0.39, 0.29) is 17.9 Å². The van der Waals surface area contributed by atoms with Crippen molar-refractivity contribution in [2.24, 2.45) is 10.2 Å². The number of azo groups is 1. The summed E-state index contributed by atoms with van der Waals surface area (Å²) in [4.78, 5) is 10.7. The van der Waals surface area contributed by atoms with E-state index in [1.54, 1.807) is 24.3 Å². The van der Waals surface area contributed by atoms with E-state index in [0.717, 1.165) is 3.57 Å². The van der Waals surface area contributed by atoms with Crippen molar-refractivity contribution in [2.45, 2.75) is 6.54 Å². The predicted octanol–water partition coefficient (Wildman–Crippen LogP) is 4.41. The maximum Gasteiger partial charge on any atom is 0.335 e. The molecule has 2 aromatic carbocycles. The van der Waals surface area contributed by atoms with Gasteiger partial charge in [-0.1, -0.05) is 0 Å². The van der Waals surface area contributed by atoms with Gasteiger partial charge in [0.15, 0.2) is 0 Å². The SMILES string of the molecule is O=C(O)c1ccc(N=NCc2cc(I)ccc2F)cc1. The van der Waals surface area contributed by atoms with Crippen LogP contribution in [0.1, 0.15) is 15.9 Å². The molecule has 0 bridgehead atoms. The summed E-state index contributed by atoms with van der Waals surface area (Å²) in [6.07, 6.45) is 0. The summed E-state index contributed by atoms with van der Waals surface area (Å²) in [5, 5.41) is 16.6. The molecule has 0 aromatic heterocycles. The van der Waals surface area contributed by atoms with Crippen molar-refractivity contribution in [1.82, 2.24) is 0 Å². The summed E-state index contributed by atoms with van der Waals surface area (Å²) in [7, 11) is 0. The van der Waals surface area contributed by atoms with Crippen molar-refractivity contribution in [3.8, 4) is 0 Å². The Morgan fingerprint density at radius 1 is 1.20 bits per heavy atom. The minimum atomic E-state index is -0.991. The number of hydrogen-bond donors (Lipinski definition) is 1. The molecule has 0 saturated heterocycles. The molecule has 102 valence electrons. The zero-order valence-electron chi connectivity index (χ0n) is 10.3. The molecule has 0 heterocycles. The van der Waals surface area contributed by atoms with Crippen LogP contribution in [0.4, 0.5) is 10.1 Å². The van der Waals surface area contributed by atoms with Crippen LogP contribution in [0.5, 0.6) is 0 Å². The fourth-order valence-electron chi connectivity index (χ4n) is 1.53. The molecule has 0 unspecified atom stereocenters. The maximum absolute atomic E-state index is 13.5. The molecule has 4 nitrogen and oxygen atoms in total. The molecule has 6 heteroatoms. The van der Waals surface area contributed by atoms with Crippen molar-refractivity contribution in [3.05, 3.63) is 63.0 Å². The first-order valence-electron chi connectivity index (χ1n) is 5.71. The molecular weight excluding hydrogens is 374 g/mol. The Kier molecular flexibility index (Phi) is 4.78. The van der Waals surface area contributed by atoms with E-state index in [4.69, 9.17) is 5.11 Å². The van der Waals surface area contributed by atoms with Crippen LogP contribution >= 0.6 is 22.6 Å². The number of nitrogens with zero attached hydrogens (tertiary/aromatic N) is 2. The molecule has 0 saturated carbocycles. The molecule has 0 amide bonds. The number of rotatable bonds is 4. The Morgan fingerprint density at radius 3 is 2.55 bits per heavy atom. The molecular formula is C14H10FIN2O2. The number of halogens is 2. The van der Waals surface area contributed by atoms with E-state index < -0.39 is 5.97 Å². The fourth-order valence-corrected chi connectivity index (χ4v) is 2.08. The van der Waals surface area contributed by atoms with Gasteiger partial charge >= 0.3 is 5.97 Å². The number of carboxylic acid groups (broad SMARTS) is 1. The van der Waals surface area contributed by atoms with Gasteiger partial charge in [0.25, 0.3) is 0 Å². The Morgan fingerprint density at radius 2 is 1.90 bits per heavy atom. The average molecular weight is 384 g/mol. The van der Waals surface area contributed by atoms with Crippen molar-refractivity contribution >= 4 is 34.2 Å². The number of carboxylic acids is 1. The predicted molar refractivity (Wildman–Crippen MR) is 80.7 cm³/mol. The van der Waals surface area contributed by atoms with Gasteiger partial charge in [-0.3, -0.25) is 0 Å². The minimum Gasteiger partial charge on any atom is -0.478 e. The minimum absolute atomic E-state index is 0.142. The van der Waals surface area contributed by atoms with Crippen LogP contribution in [0.3, 0.4) is 0 Å². The van der Waals surface area contributed by atoms with Gasteiger partial charge in [0, 0.05) is 9.13 Å². The van der Waals surface area contributed by atoms with Gasteiger partial charge < -0.3 is 5.11 Å². The van der Waals surface area contributed by atoms with Crippen LogP contribution in [-0.4, -0.2) is 11.1 Å². The quantitative estimate of drug-likeness (QED) is 0.627. The van der Waals surface area contributed by atoms with Gasteiger partial charge in [0.05, 0.1) is 17.8 Å². The van der Waals surface area contributed by atoms with Crippen LogP contribution in [-0.2, 0) is 6.54 Å². The largest absolute Gasteiger partial charge is 0.478 e. The lowest BCUT2D eigenvalue weighted by Crippen LogP contribution is -1.94. The van der Waals surface area contributed by atoms with Gasteiger partial charge in [0.2, 0.25) is 0 Å². The molecule has 2 aromatic rings. The number of carbonyl (C=O) groups is 1. The number of hydrogen-bond acceptors (Lipinski definition) is 3. The highest BCUT2D eigenvalue weighted by molar-refractivity contribution is 14.1. The Labute approximate surface area is 128 Å². The number of aromatic carboxylic acids is 1. The monoisotopic (exact) mass is 384 g/mol. The smallest absolute Gasteiger partial charge is 0.335 e. The fraction of sp³-hybridized carbons (Fsp3) is 0.0714. The van der Waals surface area contributed by atoms with E-state index in [1.165, 1.54) is 18.2 Å². The summed E-state index contributed by atoms with van der Waals surface area (Å²) in [5.74, 6) is -1.31. The molecule has 0 aliphatic heterocycles. The van der Waals surface area contributed by atoms with Gasteiger partial charge in [-0.15, -0.1) is 0 Å². The molecule has 0 spiro atoms. The first-order valence-corrected chi connectivity index (χ1v) is 6.79. The molecule has 0 aliphatic rings. The lowest BCUT2D eigenvalue weighted by molar-refractivity contribution is 0.0697. The van der Waals surface area contributed by atoms with E-state index in [2.05, 4.69) is 32.8 Å². The second-order valence-corrected chi connectivity index (χ2v) is 5.23.